The molecule has 0 aliphatic heterocycles. The van der Waals surface area contributed by atoms with Gasteiger partial charge in [-0.05, 0) is 0 Å². The van der Waals surface area contributed by atoms with Crippen LogP contribution in [0.3, 0.4) is 0 Å². The summed E-state index contributed by atoms with van der Waals surface area (Å²) in [4.78, 5) is 0. The lowest BCUT2D eigenvalue weighted by Crippen LogP contribution is -2.24. The fourth-order valence-corrected chi connectivity index (χ4v) is 0.251. The molecule has 0 saturated heterocycles. The first-order chi connectivity index (χ1) is 4.06. The molecule has 0 spiro atoms. The molecule has 9 heavy (non-hydrogen) atoms. The van der Waals surface area contributed by atoms with E-state index in [9.17, 15) is 12.9 Å². The molecule has 0 N–H and O–H groups in total. The Balaban J connectivity index is 3.20. The minimum absolute atomic E-state index is 0.277. The Labute approximate surface area is 51.2 Å². The molecule has 0 saturated carbocycles. The first-order valence-corrected chi connectivity index (χ1v) is 2.28. The third kappa shape index (κ3) is 7.37. The predicted molar refractivity (Wildman–Crippen MR) is 28.7 cm³/mol. The second-order valence-corrected chi connectivity index (χ2v) is 1.43. The van der Waals surface area contributed by atoms with E-state index in [0.29, 0.717) is 0 Å². The summed E-state index contributed by atoms with van der Waals surface area (Å²) in [6.45, 7) is -6.31. The molecule has 0 aromatic rings. The van der Waals surface area contributed by atoms with Gasteiger partial charge < -0.3 is 17.7 Å². The van der Waals surface area contributed by atoms with Gasteiger partial charge in [-0.2, -0.15) is 0 Å². The van der Waals surface area contributed by atoms with E-state index in [2.05, 4.69) is 11.2 Å². The van der Waals surface area contributed by atoms with Gasteiger partial charge in [-0.25, -0.2) is 0 Å². The van der Waals surface area contributed by atoms with E-state index >= 15 is 0 Å². The van der Waals surface area contributed by atoms with Gasteiger partial charge in [-0.1, -0.05) is 5.92 Å². The highest BCUT2D eigenvalue weighted by Gasteiger charge is 2.22. The molecule has 0 radical (unpaired) electrons. The van der Waals surface area contributed by atoms with Crippen molar-refractivity contribution in [1.29, 1.82) is 0 Å². The molecule has 0 aliphatic rings. The summed E-state index contributed by atoms with van der Waals surface area (Å²) in [5, 5.41) is 0. The normalized spacial score (nSPS) is 10.9. The van der Waals surface area contributed by atoms with E-state index in [-0.39, 0.29) is 6.61 Å². The Morgan fingerprint density at radius 3 is 2.33 bits per heavy atom. The Morgan fingerprint density at radius 1 is 1.44 bits per heavy atom. The van der Waals surface area contributed by atoms with Crippen molar-refractivity contribution in [2.24, 2.45) is 0 Å². The van der Waals surface area contributed by atoms with E-state index in [1.807, 2.05) is 5.92 Å². The molecule has 0 aliphatic carbocycles. The Bertz CT molecular complexity index is 114. The Kier molecular flexibility index (Phi) is 3.17. The molecule has 5 heteroatoms. The van der Waals surface area contributed by atoms with E-state index in [1.54, 1.807) is 0 Å². The third-order valence-electron chi connectivity index (χ3n) is 0.492. The number of hydrogen-bond donors (Lipinski definition) is 0. The Hall–Kier alpha value is -0.625. The molecule has 0 rings (SSSR count). The van der Waals surface area contributed by atoms with Crippen LogP contribution < -0.4 is 0 Å². The number of terminal acetylenes is 1. The first-order valence-electron chi connectivity index (χ1n) is 2.28. The average Bonchev–Trinajstić information content (AvgIpc) is 1.63. The van der Waals surface area contributed by atoms with Gasteiger partial charge in [0.1, 0.15) is 6.61 Å². The van der Waals surface area contributed by atoms with Crippen molar-refractivity contribution in [1.82, 2.24) is 0 Å². The molecule has 0 bridgehead atoms. The maximum absolute atomic E-state index is 11.2. The highest BCUT2D eigenvalue weighted by molar-refractivity contribution is 6.58. The van der Waals surface area contributed by atoms with Gasteiger partial charge >= 0.3 is 6.98 Å². The maximum Gasteiger partial charge on any atom is 0.503 e. The topological polar surface area (TPSA) is 9.23 Å². The molecule has 52 valence electrons. The second-order valence-electron chi connectivity index (χ2n) is 1.43. The quantitative estimate of drug-likeness (QED) is 0.320. The largest absolute Gasteiger partial charge is 0.503 e. The molecular formula is C4H5BF3O-. The second kappa shape index (κ2) is 3.41. The predicted octanol–water partition coefficient (Wildman–Crippen LogP) is 1.02. The van der Waals surface area contributed by atoms with Gasteiger partial charge in [0, 0.05) is 6.51 Å². The number of ether oxygens (including phenoxy) is 1. The summed E-state index contributed by atoms with van der Waals surface area (Å²) in [5.74, 6) is 1.93. The van der Waals surface area contributed by atoms with Gasteiger partial charge in [0.2, 0.25) is 0 Å². The maximum atomic E-state index is 11.2. The van der Waals surface area contributed by atoms with Gasteiger partial charge in [0.05, 0.1) is 0 Å². The Morgan fingerprint density at radius 2 is 2.00 bits per heavy atom. The van der Waals surface area contributed by atoms with Gasteiger partial charge in [-0.3, -0.25) is 0 Å². The standard InChI is InChI=1S/C4H5BF3O/c1-2-3-9-4-5(6,7)8/h1H,3-4H2/q-1. The highest BCUT2D eigenvalue weighted by Crippen LogP contribution is 2.07. The monoisotopic (exact) mass is 137 g/mol. The van der Waals surface area contributed by atoms with Crippen molar-refractivity contribution >= 4 is 6.98 Å². The minimum atomic E-state index is -4.83. The molecular weight excluding hydrogens is 132 g/mol. The summed E-state index contributed by atoms with van der Waals surface area (Å²) < 4.78 is 37.8. The average molecular weight is 137 g/mol. The van der Waals surface area contributed by atoms with Crippen molar-refractivity contribution in [2.45, 2.75) is 0 Å². The highest BCUT2D eigenvalue weighted by atomic mass is 19.4. The zero-order valence-electron chi connectivity index (χ0n) is 4.61. The van der Waals surface area contributed by atoms with Gasteiger partial charge in [0.25, 0.3) is 0 Å². The molecule has 0 atom stereocenters. The smallest absolute Gasteiger partial charge is 0.447 e. The van der Waals surface area contributed by atoms with Crippen LogP contribution in [-0.4, -0.2) is 20.1 Å². The van der Waals surface area contributed by atoms with E-state index in [0.717, 1.165) is 0 Å². The van der Waals surface area contributed by atoms with Crippen molar-refractivity contribution in [2.75, 3.05) is 13.1 Å². The van der Waals surface area contributed by atoms with Crippen LogP contribution in [0.5, 0.6) is 0 Å². The van der Waals surface area contributed by atoms with Crippen molar-refractivity contribution in [3.63, 3.8) is 0 Å². The molecule has 0 unspecified atom stereocenters. The molecule has 0 fully saturated rings. The van der Waals surface area contributed by atoms with Crippen LogP contribution >= 0.6 is 0 Å². The fraction of sp³-hybridized carbons (Fsp3) is 0.500. The van der Waals surface area contributed by atoms with Crippen LogP contribution in [0.15, 0.2) is 0 Å². The SMILES string of the molecule is C#CCOC[B-](F)(F)F. The summed E-state index contributed by atoms with van der Waals surface area (Å²) in [6.07, 6.45) is 4.62. The summed E-state index contributed by atoms with van der Waals surface area (Å²) in [5.41, 5.74) is 0. The van der Waals surface area contributed by atoms with Crippen LogP contribution in [-0.2, 0) is 4.74 Å². The van der Waals surface area contributed by atoms with Gasteiger partial charge in [-0.15, -0.1) is 6.42 Å². The summed E-state index contributed by atoms with van der Waals surface area (Å²) in [6, 6.07) is 0. The lowest BCUT2D eigenvalue weighted by molar-refractivity contribution is 0.183. The summed E-state index contributed by atoms with van der Waals surface area (Å²) in [7, 11) is 0. The van der Waals surface area contributed by atoms with Crippen molar-refractivity contribution in [3.05, 3.63) is 0 Å². The molecule has 0 heterocycles. The van der Waals surface area contributed by atoms with E-state index in [4.69, 9.17) is 0 Å². The minimum Gasteiger partial charge on any atom is -0.447 e. The first kappa shape index (κ1) is 8.37. The number of hydrogen-bond acceptors (Lipinski definition) is 1. The van der Waals surface area contributed by atoms with Gasteiger partial charge in [0.15, 0.2) is 0 Å². The zero-order valence-corrected chi connectivity index (χ0v) is 4.61. The van der Waals surface area contributed by atoms with Crippen LogP contribution in [0, 0.1) is 12.3 Å². The van der Waals surface area contributed by atoms with Crippen LogP contribution in [0.25, 0.3) is 0 Å². The fourth-order valence-electron chi connectivity index (χ4n) is 0.251. The van der Waals surface area contributed by atoms with E-state index in [1.165, 1.54) is 0 Å². The van der Waals surface area contributed by atoms with Crippen molar-refractivity contribution in [3.8, 4) is 12.3 Å². The third-order valence-corrected chi connectivity index (χ3v) is 0.492. The zero-order chi connectivity index (χ0) is 7.33. The lowest BCUT2D eigenvalue weighted by atomic mass is 9.95. The molecule has 0 aromatic carbocycles. The summed E-state index contributed by atoms with van der Waals surface area (Å²) >= 11 is 0. The van der Waals surface area contributed by atoms with Crippen LogP contribution in [0.1, 0.15) is 0 Å². The van der Waals surface area contributed by atoms with Crippen LogP contribution in [0.2, 0.25) is 0 Å². The van der Waals surface area contributed by atoms with E-state index < -0.39 is 13.5 Å². The van der Waals surface area contributed by atoms with Crippen molar-refractivity contribution < 1.29 is 17.7 Å². The molecule has 0 amide bonds. The number of rotatable bonds is 3. The number of halogens is 3. The van der Waals surface area contributed by atoms with Crippen LogP contribution in [0.4, 0.5) is 12.9 Å². The molecule has 1 nitrogen and oxygen atoms in total. The lowest BCUT2D eigenvalue weighted by Gasteiger charge is -2.11. The molecule has 0 aromatic heterocycles.